The number of nitrogens with one attached hydrogen (secondary N) is 1. The highest BCUT2D eigenvalue weighted by Crippen LogP contribution is 2.26. The van der Waals surface area contributed by atoms with Crippen molar-refractivity contribution in [1.29, 1.82) is 0 Å². The van der Waals surface area contributed by atoms with Gasteiger partial charge in [-0.1, -0.05) is 6.07 Å². The quantitative estimate of drug-likeness (QED) is 0.845. The average molecular weight is 252 g/mol. The van der Waals surface area contributed by atoms with E-state index in [9.17, 15) is 14.3 Å². The van der Waals surface area contributed by atoms with E-state index in [1.807, 2.05) is 4.90 Å². The van der Waals surface area contributed by atoms with Crippen molar-refractivity contribution >= 4 is 11.6 Å². The Kier molecular flexibility index (Phi) is 3.81. The first-order valence-electron chi connectivity index (χ1n) is 6.02. The molecule has 0 aliphatic carbocycles. The third-order valence-corrected chi connectivity index (χ3v) is 3.19. The van der Waals surface area contributed by atoms with Crippen LogP contribution in [0.1, 0.15) is 18.9 Å². The smallest absolute Gasteiger partial charge is 0.217 e. The largest absolute Gasteiger partial charge is 0.391 e. The maximum absolute atomic E-state index is 13.6. The van der Waals surface area contributed by atoms with Crippen LogP contribution in [0.25, 0.3) is 0 Å². The van der Waals surface area contributed by atoms with Gasteiger partial charge in [0.15, 0.2) is 0 Å². The summed E-state index contributed by atoms with van der Waals surface area (Å²) in [6, 6.07) is 4.87. The van der Waals surface area contributed by atoms with Crippen LogP contribution in [-0.2, 0) is 11.4 Å². The Bertz CT molecular complexity index is 451. The topological polar surface area (TPSA) is 52.6 Å². The van der Waals surface area contributed by atoms with E-state index in [0.717, 1.165) is 13.0 Å². The Morgan fingerprint density at radius 3 is 3.06 bits per heavy atom. The molecular formula is C13H17FN2O2. The van der Waals surface area contributed by atoms with Gasteiger partial charge >= 0.3 is 0 Å². The van der Waals surface area contributed by atoms with E-state index in [-0.39, 0.29) is 18.6 Å². The van der Waals surface area contributed by atoms with Gasteiger partial charge in [-0.3, -0.25) is 4.79 Å². The van der Waals surface area contributed by atoms with Crippen LogP contribution in [0.4, 0.5) is 10.1 Å². The maximum Gasteiger partial charge on any atom is 0.217 e. The molecule has 2 N–H and O–H groups in total. The first kappa shape index (κ1) is 12.8. The highest BCUT2D eigenvalue weighted by atomic mass is 19.1. The van der Waals surface area contributed by atoms with Crippen molar-refractivity contribution in [3.8, 4) is 0 Å². The summed E-state index contributed by atoms with van der Waals surface area (Å²) in [7, 11) is 0. The second-order valence-corrected chi connectivity index (χ2v) is 4.53. The van der Waals surface area contributed by atoms with E-state index in [0.29, 0.717) is 17.8 Å². The molecule has 1 aromatic carbocycles. The lowest BCUT2D eigenvalue weighted by atomic mass is 10.1. The van der Waals surface area contributed by atoms with Gasteiger partial charge in [-0.15, -0.1) is 0 Å². The lowest BCUT2D eigenvalue weighted by molar-refractivity contribution is -0.119. The Hall–Kier alpha value is -1.62. The predicted molar refractivity (Wildman–Crippen MR) is 66.8 cm³/mol. The number of amides is 1. The minimum Gasteiger partial charge on any atom is -0.391 e. The molecule has 1 aliphatic heterocycles. The van der Waals surface area contributed by atoms with Crippen molar-refractivity contribution < 1.29 is 14.3 Å². The fourth-order valence-corrected chi connectivity index (χ4v) is 2.38. The van der Waals surface area contributed by atoms with Crippen LogP contribution in [-0.4, -0.2) is 30.1 Å². The number of rotatable bonds is 3. The fourth-order valence-electron chi connectivity index (χ4n) is 2.38. The van der Waals surface area contributed by atoms with Crippen LogP contribution in [0, 0.1) is 5.82 Å². The van der Waals surface area contributed by atoms with Crippen LogP contribution >= 0.6 is 0 Å². The number of halogens is 1. The van der Waals surface area contributed by atoms with Crippen LogP contribution in [0.15, 0.2) is 18.2 Å². The molecule has 1 aromatic rings. The Morgan fingerprint density at radius 2 is 2.39 bits per heavy atom. The van der Waals surface area contributed by atoms with Gasteiger partial charge in [0, 0.05) is 37.3 Å². The molecule has 1 heterocycles. The van der Waals surface area contributed by atoms with Gasteiger partial charge in [-0.2, -0.15) is 0 Å². The highest BCUT2D eigenvalue weighted by molar-refractivity contribution is 5.73. The monoisotopic (exact) mass is 252 g/mol. The number of carbonyl (C=O) groups excluding carboxylic acids is 1. The summed E-state index contributed by atoms with van der Waals surface area (Å²) >= 11 is 0. The maximum atomic E-state index is 13.6. The summed E-state index contributed by atoms with van der Waals surface area (Å²) in [6.45, 7) is 2.57. The van der Waals surface area contributed by atoms with Gasteiger partial charge in [0.25, 0.3) is 0 Å². The lowest BCUT2D eigenvalue weighted by Crippen LogP contribution is -2.35. The van der Waals surface area contributed by atoms with E-state index < -0.39 is 5.82 Å². The molecule has 4 nitrogen and oxygen atoms in total. The predicted octanol–water partition coefficient (Wildman–Crippen LogP) is 1.03. The van der Waals surface area contributed by atoms with Gasteiger partial charge in [0.05, 0.1) is 6.61 Å². The van der Waals surface area contributed by atoms with Gasteiger partial charge in [0.2, 0.25) is 5.91 Å². The van der Waals surface area contributed by atoms with E-state index in [4.69, 9.17) is 0 Å². The molecule has 1 atom stereocenters. The Morgan fingerprint density at radius 1 is 1.61 bits per heavy atom. The minimum atomic E-state index is -0.391. The van der Waals surface area contributed by atoms with Gasteiger partial charge in [0.1, 0.15) is 5.82 Å². The van der Waals surface area contributed by atoms with E-state index >= 15 is 0 Å². The standard InChI is InChI=1S/C13H17FN2O2/c1-9(18)15-10-5-6-16(7-10)13-4-2-3-12(14)11(13)8-17/h2-4,10,17H,5-8H2,1H3,(H,15,18). The zero-order chi connectivity index (χ0) is 13.1. The average Bonchev–Trinajstić information content (AvgIpc) is 2.76. The number of anilines is 1. The summed E-state index contributed by atoms with van der Waals surface area (Å²) in [5.74, 6) is -0.443. The molecule has 98 valence electrons. The fraction of sp³-hybridized carbons (Fsp3) is 0.462. The van der Waals surface area contributed by atoms with Crippen molar-refractivity contribution in [2.24, 2.45) is 0 Å². The van der Waals surface area contributed by atoms with Crippen molar-refractivity contribution in [2.75, 3.05) is 18.0 Å². The minimum absolute atomic E-state index is 0.0523. The van der Waals surface area contributed by atoms with Crippen molar-refractivity contribution in [3.63, 3.8) is 0 Å². The van der Waals surface area contributed by atoms with Gasteiger partial charge < -0.3 is 15.3 Å². The zero-order valence-electron chi connectivity index (χ0n) is 10.3. The third kappa shape index (κ3) is 2.61. The molecule has 0 bridgehead atoms. The molecule has 1 fully saturated rings. The zero-order valence-corrected chi connectivity index (χ0v) is 10.3. The molecule has 0 spiro atoms. The number of benzene rings is 1. The summed E-state index contributed by atoms with van der Waals surface area (Å²) < 4.78 is 13.6. The normalized spacial score (nSPS) is 19.1. The SMILES string of the molecule is CC(=O)NC1CCN(c2cccc(F)c2CO)C1. The first-order chi connectivity index (χ1) is 8.61. The molecule has 2 rings (SSSR count). The van der Waals surface area contributed by atoms with E-state index in [1.54, 1.807) is 12.1 Å². The molecule has 1 aliphatic rings. The number of carbonyl (C=O) groups is 1. The summed E-state index contributed by atoms with van der Waals surface area (Å²) in [6.07, 6.45) is 0.834. The van der Waals surface area contributed by atoms with E-state index in [1.165, 1.54) is 13.0 Å². The second kappa shape index (κ2) is 5.35. The Balaban J connectivity index is 2.14. The number of aliphatic hydroxyl groups is 1. The molecule has 18 heavy (non-hydrogen) atoms. The molecule has 0 saturated carbocycles. The van der Waals surface area contributed by atoms with E-state index in [2.05, 4.69) is 5.32 Å². The van der Waals surface area contributed by atoms with Crippen LogP contribution < -0.4 is 10.2 Å². The Labute approximate surface area is 105 Å². The number of nitrogens with zero attached hydrogens (tertiary/aromatic N) is 1. The van der Waals surface area contributed by atoms with Gasteiger partial charge in [-0.05, 0) is 18.6 Å². The van der Waals surface area contributed by atoms with Crippen molar-refractivity contribution in [3.05, 3.63) is 29.6 Å². The van der Waals surface area contributed by atoms with Crippen LogP contribution in [0.3, 0.4) is 0 Å². The number of aliphatic hydroxyl groups excluding tert-OH is 1. The summed E-state index contributed by atoms with van der Waals surface area (Å²) in [4.78, 5) is 13.0. The summed E-state index contributed by atoms with van der Waals surface area (Å²) in [5, 5.41) is 12.1. The molecule has 5 heteroatoms. The van der Waals surface area contributed by atoms with Crippen molar-refractivity contribution in [2.45, 2.75) is 26.0 Å². The number of hydrogen-bond donors (Lipinski definition) is 2. The van der Waals surface area contributed by atoms with Crippen LogP contribution in [0.2, 0.25) is 0 Å². The molecule has 1 amide bonds. The highest BCUT2D eigenvalue weighted by Gasteiger charge is 2.25. The number of hydrogen-bond acceptors (Lipinski definition) is 3. The van der Waals surface area contributed by atoms with Gasteiger partial charge in [-0.25, -0.2) is 4.39 Å². The van der Waals surface area contributed by atoms with Crippen molar-refractivity contribution in [1.82, 2.24) is 5.32 Å². The molecular weight excluding hydrogens is 235 g/mol. The lowest BCUT2D eigenvalue weighted by Gasteiger charge is -2.21. The molecule has 1 unspecified atom stereocenters. The molecule has 0 aromatic heterocycles. The third-order valence-electron chi connectivity index (χ3n) is 3.19. The second-order valence-electron chi connectivity index (χ2n) is 4.53. The van der Waals surface area contributed by atoms with Crippen LogP contribution in [0.5, 0.6) is 0 Å². The first-order valence-corrected chi connectivity index (χ1v) is 6.02. The molecule has 0 radical (unpaired) electrons. The molecule has 1 saturated heterocycles. The summed E-state index contributed by atoms with van der Waals surface area (Å²) in [5.41, 5.74) is 1.03.